The molecule has 1 aliphatic rings. The van der Waals surface area contributed by atoms with Gasteiger partial charge in [0.05, 0.1) is 12.1 Å². The van der Waals surface area contributed by atoms with E-state index in [1.807, 2.05) is 0 Å². The lowest BCUT2D eigenvalue weighted by atomic mass is 10.1. The summed E-state index contributed by atoms with van der Waals surface area (Å²) in [5.41, 5.74) is 5.00. The molecule has 0 bridgehead atoms. The summed E-state index contributed by atoms with van der Waals surface area (Å²) >= 11 is 5.74. The first kappa shape index (κ1) is 11.2. The second-order valence-corrected chi connectivity index (χ2v) is 3.58. The van der Waals surface area contributed by atoms with Crippen molar-refractivity contribution < 1.29 is 18.7 Å². The van der Waals surface area contributed by atoms with Crippen LogP contribution >= 0.6 is 11.6 Å². The van der Waals surface area contributed by atoms with E-state index in [2.05, 4.69) is 0 Å². The third kappa shape index (κ3) is 1.72. The van der Waals surface area contributed by atoms with Gasteiger partial charge < -0.3 is 15.2 Å². The summed E-state index contributed by atoms with van der Waals surface area (Å²) in [6.45, 7) is 0.356. The number of carbonyl (C=O) groups excluding carboxylic acids is 1. The number of benzene rings is 1. The highest BCUT2D eigenvalue weighted by Crippen LogP contribution is 2.40. The van der Waals surface area contributed by atoms with Crippen LogP contribution in [0.25, 0.3) is 0 Å². The topological polar surface area (TPSA) is 61.6 Å². The molecular weight excluding hydrogens is 237 g/mol. The van der Waals surface area contributed by atoms with Gasteiger partial charge >= 0.3 is 0 Å². The molecule has 1 heterocycles. The molecule has 0 saturated heterocycles. The predicted octanol–water partition coefficient (Wildman–Crippen LogP) is 1.39. The van der Waals surface area contributed by atoms with Crippen LogP contribution in [-0.4, -0.2) is 25.5 Å². The number of fused-ring (bicyclic) bond motifs is 1. The Morgan fingerprint density at radius 2 is 2.19 bits per heavy atom. The van der Waals surface area contributed by atoms with Gasteiger partial charge in [0.1, 0.15) is 18.2 Å². The fourth-order valence-electron chi connectivity index (χ4n) is 1.44. The van der Waals surface area contributed by atoms with Crippen LogP contribution in [0, 0.1) is 5.82 Å². The molecule has 16 heavy (non-hydrogen) atoms. The van der Waals surface area contributed by atoms with Gasteiger partial charge in [-0.3, -0.25) is 4.79 Å². The molecule has 0 aliphatic carbocycles. The van der Waals surface area contributed by atoms with Gasteiger partial charge in [-0.15, -0.1) is 0 Å². The molecule has 0 unspecified atom stereocenters. The number of rotatable bonds is 2. The minimum atomic E-state index is -0.818. The van der Waals surface area contributed by atoms with Gasteiger partial charge in [0.15, 0.2) is 23.1 Å². The van der Waals surface area contributed by atoms with Gasteiger partial charge in [-0.05, 0) is 6.07 Å². The van der Waals surface area contributed by atoms with E-state index in [0.29, 0.717) is 13.2 Å². The van der Waals surface area contributed by atoms with E-state index in [9.17, 15) is 9.18 Å². The Balaban J connectivity index is 2.57. The molecule has 0 fully saturated rings. The Morgan fingerprint density at radius 1 is 1.50 bits per heavy atom. The number of ketones is 1. The van der Waals surface area contributed by atoms with Gasteiger partial charge in [0.25, 0.3) is 0 Å². The smallest absolute Gasteiger partial charge is 0.182 e. The second kappa shape index (κ2) is 4.27. The highest BCUT2D eigenvalue weighted by Gasteiger charge is 2.24. The quantitative estimate of drug-likeness (QED) is 0.800. The van der Waals surface area contributed by atoms with E-state index < -0.39 is 11.6 Å². The van der Waals surface area contributed by atoms with Crippen molar-refractivity contribution in [2.45, 2.75) is 0 Å². The normalized spacial score (nSPS) is 13.7. The van der Waals surface area contributed by atoms with E-state index in [1.54, 1.807) is 0 Å². The third-order valence-electron chi connectivity index (χ3n) is 2.20. The van der Waals surface area contributed by atoms with E-state index in [-0.39, 0.29) is 28.6 Å². The van der Waals surface area contributed by atoms with Crippen LogP contribution in [0.4, 0.5) is 4.39 Å². The molecule has 0 spiro atoms. The first-order chi connectivity index (χ1) is 7.65. The van der Waals surface area contributed by atoms with Gasteiger partial charge in [-0.1, -0.05) is 11.6 Å². The molecule has 0 radical (unpaired) electrons. The number of hydrogen-bond acceptors (Lipinski definition) is 4. The van der Waals surface area contributed by atoms with Crippen LogP contribution in [0.15, 0.2) is 6.07 Å². The average Bonchev–Trinajstić information content (AvgIpc) is 2.33. The van der Waals surface area contributed by atoms with Crippen molar-refractivity contribution in [2.75, 3.05) is 19.8 Å². The van der Waals surface area contributed by atoms with Crippen molar-refractivity contribution in [3.05, 3.63) is 22.5 Å². The van der Waals surface area contributed by atoms with Gasteiger partial charge in [-0.25, -0.2) is 4.39 Å². The van der Waals surface area contributed by atoms with Crippen LogP contribution in [0.2, 0.25) is 5.02 Å². The van der Waals surface area contributed by atoms with Gasteiger partial charge in [0, 0.05) is 0 Å². The van der Waals surface area contributed by atoms with Crippen LogP contribution in [0.3, 0.4) is 0 Å². The molecule has 86 valence electrons. The zero-order chi connectivity index (χ0) is 11.7. The number of hydrogen-bond donors (Lipinski definition) is 1. The fraction of sp³-hybridized carbons (Fsp3) is 0.300. The lowest BCUT2D eigenvalue weighted by molar-refractivity contribution is 0.0996. The minimum absolute atomic E-state index is 0.138. The summed E-state index contributed by atoms with van der Waals surface area (Å²) in [5, 5.41) is -0.242. The summed E-state index contributed by atoms with van der Waals surface area (Å²) in [5.74, 6) is -0.939. The van der Waals surface area contributed by atoms with E-state index in [4.69, 9.17) is 26.8 Å². The summed E-state index contributed by atoms with van der Waals surface area (Å²) in [6, 6.07) is 1.27. The van der Waals surface area contributed by atoms with Crippen LogP contribution < -0.4 is 15.2 Å². The Bertz CT molecular complexity index is 450. The van der Waals surface area contributed by atoms with Gasteiger partial charge in [0.2, 0.25) is 0 Å². The van der Waals surface area contributed by atoms with Crippen molar-refractivity contribution in [3.8, 4) is 11.5 Å². The lowest BCUT2D eigenvalue weighted by Crippen LogP contribution is -2.19. The zero-order valence-electron chi connectivity index (χ0n) is 8.26. The molecular formula is C10H9ClFNO3. The second-order valence-electron chi connectivity index (χ2n) is 3.20. The Labute approximate surface area is 96.1 Å². The number of nitrogens with two attached hydrogens (primary N) is 1. The van der Waals surface area contributed by atoms with Crippen molar-refractivity contribution >= 4 is 17.4 Å². The fourth-order valence-corrected chi connectivity index (χ4v) is 1.69. The number of carbonyl (C=O) groups is 1. The largest absolute Gasteiger partial charge is 0.486 e. The maximum atomic E-state index is 13.7. The molecule has 4 nitrogen and oxygen atoms in total. The molecule has 2 rings (SSSR count). The summed E-state index contributed by atoms with van der Waals surface area (Å²) in [7, 11) is 0. The average molecular weight is 246 g/mol. The van der Waals surface area contributed by atoms with E-state index in [1.165, 1.54) is 6.07 Å². The highest BCUT2D eigenvalue weighted by molar-refractivity contribution is 6.33. The monoisotopic (exact) mass is 245 g/mol. The summed E-state index contributed by atoms with van der Waals surface area (Å²) in [6.07, 6.45) is 0. The summed E-state index contributed by atoms with van der Waals surface area (Å²) in [4.78, 5) is 11.4. The molecule has 0 saturated carbocycles. The standard InChI is InChI=1S/C10H9ClFNO3/c11-8-9(12)5(6(14)4-13)3-7-10(8)16-2-1-15-7/h3H,1-2,4,13H2. The van der Waals surface area contributed by atoms with Crippen LogP contribution in [0.5, 0.6) is 11.5 Å². The van der Waals surface area contributed by atoms with Crippen molar-refractivity contribution in [1.82, 2.24) is 0 Å². The number of Topliss-reactive ketones (excluding diaryl/α,β-unsaturated/α-hetero) is 1. The van der Waals surface area contributed by atoms with Crippen molar-refractivity contribution in [3.63, 3.8) is 0 Å². The molecule has 6 heteroatoms. The molecule has 2 N–H and O–H groups in total. The number of ether oxygens (including phenoxy) is 2. The first-order valence-corrected chi connectivity index (χ1v) is 5.03. The van der Waals surface area contributed by atoms with E-state index in [0.717, 1.165) is 0 Å². The molecule has 1 aliphatic heterocycles. The van der Waals surface area contributed by atoms with Crippen molar-refractivity contribution in [2.24, 2.45) is 5.73 Å². The number of halogens is 2. The highest BCUT2D eigenvalue weighted by atomic mass is 35.5. The molecule has 1 aromatic carbocycles. The Kier molecular flexibility index (Phi) is 2.98. The first-order valence-electron chi connectivity index (χ1n) is 4.66. The third-order valence-corrected chi connectivity index (χ3v) is 2.54. The Hall–Kier alpha value is -1.33. The molecule has 0 amide bonds. The zero-order valence-corrected chi connectivity index (χ0v) is 9.01. The van der Waals surface area contributed by atoms with E-state index >= 15 is 0 Å². The maximum Gasteiger partial charge on any atom is 0.182 e. The lowest BCUT2D eigenvalue weighted by Gasteiger charge is -2.20. The predicted molar refractivity (Wildman–Crippen MR) is 55.8 cm³/mol. The minimum Gasteiger partial charge on any atom is -0.486 e. The van der Waals surface area contributed by atoms with Crippen LogP contribution in [-0.2, 0) is 0 Å². The molecule has 0 atom stereocenters. The van der Waals surface area contributed by atoms with Gasteiger partial charge in [-0.2, -0.15) is 0 Å². The Morgan fingerprint density at radius 3 is 2.88 bits per heavy atom. The maximum absolute atomic E-state index is 13.7. The summed E-state index contributed by atoms with van der Waals surface area (Å²) < 4.78 is 24.1. The van der Waals surface area contributed by atoms with Crippen LogP contribution in [0.1, 0.15) is 10.4 Å². The van der Waals surface area contributed by atoms with Crippen molar-refractivity contribution in [1.29, 1.82) is 0 Å². The molecule has 1 aromatic rings. The molecule has 0 aromatic heterocycles. The SMILES string of the molecule is NCC(=O)c1cc2c(c(Cl)c1F)OCCO2.